The third-order valence-corrected chi connectivity index (χ3v) is 4.42. The number of unbranched alkanes of at least 4 members (excludes halogenated alkanes) is 1. The van der Waals surface area contributed by atoms with E-state index in [1.54, 1.807) is 4.52 Å². The smallest absolute Gasteiger partial charge is 0.223 e. The summed E-state index contributed by atoms with van der Waals surface area (Å²) >= 11 is 0. The number of anilines is 1. The number of aryl methyl sites for hydroxylation is 1. The van der Waals surface area contributed by atoms with Crippen LogP contribution in [0, 0.1) is 12.8 Å². The van der Waals surface area contributed by atoms with Crippen LogP contribution in [-0.2, 0) is 4.79 Å². The average molecular weight is 316 g/mol. The SMILES string of the molecule is CCCCNC(=O)C1CCN(c2ccc3nnc(C)n3n2)CC1. The molecule has 0 aromatic carbocycles. The van der Waals surface area contributed by atoms with Gasteiger partial charge in [0.25, 0.3) is 0 Å². The van der Waals surface area contributed by atoms with Crippen LogP contribution in [0.2, 0.25) is 0 Å². The highest BCUT2D eigenvalue weighted by molar-refractivity contribution is 5.78. The first-order chi connectivity index (χ1) is 11.2. The van der Waals surface area contributed by atoms with Gasteiger partial charge >= 0.3 is 0 Å². The lowest BCUT2D eigenvalue weighted by atomic mass is 9.96. The van der Waals surface area contributed by atoms with Gasteiger partial charge in [0.05, 0.1) is 0 Å². The first-order valence-corrected chi connectivity index (χ1v) is 8.40. The molecule has 0 saturated carbocycles. The molecule has 0 spiro atoms. The Labute approximate surface area is 136 Å². The van der Waals surface area contributed by atoms with Crippen molar-refractivity contribution in [3.8, 4) is 0 Å². The van der Waals surface area contributed by atoms with Crippen LogP contribution in [0.4, 0.5) is 5.82 Å². The van der Waals surface area contributed by atoms with Crippen LogP contribution in [0.1, 0.15) is 38.4 Å². The molecule has 2 aromatic heterocycles. The molecule has 1 aliphatic heterocycles. The van der Waals surface area contributed by atoms with Gasteiger partial charge in [-0.05, 0) is 38.3 Å². The number of fused-ring (bicyclic) bond motifs is 1. The van der Waals surface area contributed by atoms with E-state index in [9.17, 15) is 4.79 Å². The molecule has 7 heteroatoms. The summed E-state index contributed by atoms with van der Waals surface area (Å²) in [5, 5.41) is 15.7. The first kappa shape index (κ1) is 15.7. The topological polar surface area (TPSA) is 75.4 Å². The number of carbonyl (C=O) groups is 1. The fourth-order valence-electron chi connectivity index (χ4n) is 2.96. The number of rotatable bonds is 5. The van der Waals surface area contributed by atoms with Crippen molar-refractivity contribution in [1.82, 2.24) is 25.1 Å². The van der Waals surface area contributed by atoms with E-state index in [2.05, 4.69) is 32.4 Å². The normalized spacial score (nSPS) is 16.0. The molecule has 0 atom stereocenters. The van der Waals surface area contributed by atoms with Gasteiger partial charge < -0.3 is 10.2 Å². The third kappa shape index (κ3) is 3.43. The van der Waals surface area contributed by atoms with Crippen molar-refractivity contribution < 1.29 is 4.79 Å². The second-order valence-electron chi connectivity index (χ2n) is 6.11. The Morgan fingerprint density at radius 2 is 2.09 bits per heavy atom. The lowest BCUT2D eigenvalue weighted by Gasteiger charge is -2.32. The number of nitrogens with one attached hydrogen (secondary N) is 1. The van der Waals surface area contributed by atoms with Crippen molar-refractivity contribution in [2.45, 2.75) is 39.5 Å². The predicted octanol–water partition coefficient (Wildman–Crippen LogP) is 1.57. The van der Waals surface area contributed by atoms with Crippen LogP contribution in [-0.4, -0.2) is 45.4 Å². The van der Waals surface area contributed by atoms with Crippen molar-refractivity contribution >= 4 is 17.4 Å². The molecular formula is C16H24N6O. The number of carbonyl (C=O) groups excluding carboxylic acids is 1. The first-order valence-electron chi connectivity index (χ1n) is 8.40. The highest BCUT2D eigenvalue weighted by Crippen LogP contribution is 2.22. The van der Waals surface area contributed by atoms with Gasteiger partial charge in [-0.1, -0.05) is 13.3 Å². The molecule has 1 saturated heterocycles. The van der Waals surface area contributed by atoms with Crippen molar-refractivity contribution in [3.05, 3.63) is 18.0 Å². The van der Waals surface area contributed by atoms with Gasteiger partial charge in [0.2, 0.25) is 5.91 Å². The maximum atomic E-state index is 12.1. The summed E-state index contributed by atoms with van der Waals surface area (Å²) in [6, 6.07) is 3.91. The molecule has 0 radical (unpaired) electrons. The van der Waals surface area contributed by atoms with Crippen LogP contribution >= 0.6 is 0 Å². The van der Waals surface area contributed by atoms with Crippen molar-refractivity contribution in [3.63, 3.8) is 0 Å². The maximum Gasteiger partial charge on any atom is 0.223 e. The predicted molar refractivity (Wildman–Crippen MR) is 88.4 cm³/mol. The zero-order chi connectivity index (χ0) is 16.2. The lowest BCUT2D eigenvalue weighted by molar-refractivity contribution is -0.125. The van der Waals surface area contributed by atoms with Gasteiger partial charge in [-0.15, -0.1) is 15.3 Å². The van der Waals surface area contributed by atoms with E-state index in [0.29, 0.717) is 0 Å². The van der Waals surface area contributed by atoms with E-state index in [1.165, 1.54) is 0 Å². The quantitative estimate of drug-likeness (QED) is 0.847. The summed E-state index contributed by atoms with van der Waals surface area (Å²) < 4.78 is 1.76. The van der Waals surface area contributed by atoms with Crippen LogP contribution < -0.4 is 10.2 Å². The number of hydrogen-bond donors (Lipinski definition) is 1. The second kappa shape index (κ2) is 6.93. The van der Waals surface area contributed by atoms with Gasteiger partial charge in [-0.2, -0.15) is 4.52 Å². The number of nitrogens with zero attached hydrogens (tertiary/aromatic N) is 5. The minimum Gasteiger partial charge on any atom is -0.356 e. The fourth-order valence-corrected chi connectivity index (χ4v) is 2.96. The van der Waals surface area contributed by atoms with Gasteiger partial charge in [0.1, 0.15) is 5.82 Å². The molecule has 124 valence electrons. The Bertz CT molecular complexity index is 674. The monoisotopic (exact) mass is 316 g/mol. The Hall–Kier alpha value is -2.18. The second-order valence-corrected chi connectivity index (χ2v) is 6.11. The standard InChI is InChI=1S/C16H24N6O/c1-3-4-9-17-16(23)13-7-10-21(11-8-13)15-6-5-14-19-18-12(2)22(14)20-15/h5-6,13H,3-4,7-11H2,1-2H3,(H,17,23). The van der Waals surface area contributed by atoms with Crippen LogP contribution in [0.15, 0.2) is 12.1 Å². The molecule has 0 aliphatic carbocycles. The zero-order valence-electron chi connectivity index (χ0n) is 13.8. The Kier molecular flexibility index (Phi) is 4.73. The summed E-state index contributed by atoms with van der Waals surface area (Å²) in [5.74, 6) is 2.04. The van der Waals surface area contributed by atoms with Crippen LogP contribution in [0.25, 0.3) is 5.65 Å². The lowest BCUT2D eigenvalue weighted by Crippen LogP contribution is -2.41. The molecular weight excluding hydrogens is 292 g/mol. The molecule has 3 heterocycles. The van der Waals surface area contributed by atoms with Crippen molar-refractivity contribution in [2.24, 2.45) is 5.92 Å². The average Bonchev–Trinajstić information content (AvgIpc) is 2.96. The molecule has 1 fully saturated rings. The van der Waals surface area contributed by atoms with E-state index in [4.69, 9.17) is 0 Å². The Morgan fingerprint density at radius 3 is 2.83 bits per heavy atom. The molecule has 1 N–H and O–H groups in total. The van der Waals surface area contributed by atoms with E-state index in [1.807, 2.05) is 19.1 Å². The third-order valence-electron chi connectivity index (χ3n) is 4.42. The minimum absolute atomic E-state index is 0.128. The number of piperidine rings is 1. The molecule has 1 amide bonds. The van der Waals surface area contributed by atoms with Gasteiger partial charge in [-0.3, -0.25) is 4.79 Å². The van der Waals surface area contributed by atoms with E-state index in [0.717, 1.165) is 62.6 Å². The maximum absolute atomic E-state index is 12.1. The van der Waals surface area contributed by atoms with Crippen LogP contribution in [0.3, 0.4) is 0 Å². The Balaban J connectivity index is 1.59. The van der Waals surface area contributed by atoms with Crippen molar-refractivity contribution in [2.75, 3.05) is 24.5 Å². The molecule has 1 aliphatic rings. The zero-order valence-corrected chi connectivity index (χ0v) is 13.8. The molecule has 2 aromatic rings. The van der Waals surface area contributed by atoms with Gasteiger partial charge in [0, 0.05) is 25.6 Å². The van der Waals surface area contributed by atoms with E-state index >= 15 is 0 Å². The van der Waals surface area contributed by atoms with E-state index in [-0.39, 0.29) is 11.8 Å². The largest absolute Gasteiger partial charge is 0.356 e. The van der Waals surface area contributed by atoms with Crippen molar-refractivity contribution in [1.29, 1.82) is 0 Å². The Morgan fingerprint density at radius 1 is 1.30 bits per heavy atom. The fraction of sp³-hybridized carbons (Fsp3) is 0.625. The summed E-state index contributed by atoms with van der Waals surface area (Å²) in [6.45, 7) is 6.52. The number of amides is 1. The van der Waals surface area contributed by atoms with Crippen LogP contribution in [0.5, 0.6) is 0 Å². The minimum atomic E-state index is 0.128. The molecule has 3 rings (SSSR count). The highest BCUT2D eigenvalue weighted by atomic mass is 16.1. The summed E-state index contributed by atoms with van der Waals surface area (Å²) in [7, 11) is 0. The van der Waals surface area contributed by atoms with E-state index < -0.39 is 0 Å². The van der Waals surface area contributed by atoms with Gasteiger partial charge in [-0.25, -0.2) is 0 Å². The molecule has 0 bridgehead atoms. The molecule has 23 heavy (non-hydrogen) atoms. The summed E-state index contributed by atoms with van der Waals surface area (Å²) in [5.41, 5.74) is 0.761. The number of aromatic nitrogens is 4. The highest BCUT2D eigenvalue weighted by Gasteiger charge is 2.25. The van der Waals surface area contributed by atoms with Gasteiger partial charge in [0.15, 0.2) is 11.5 Å². The summed E-state index contributed by atoms with van der Waals surface area (Å²) in [6.07, 6.45) is 3.90. The molecule has 0 unspecified atom stereocenters. The summed E-state index contributed by atoms with van der Waals surface area (Å²) in [4.78, 5) is 14.4. The number of hydrogen-bond acceptors (Lipinski definition) is 5. The molecule has 7 nitrogen and oxygen atoms in total.